The molecular weight excluding hydrogens is 434 g/mol. The van der Waals surface area contributed by atoms with E-state index in [1.807, 2.05) is 81.4 Å². The molecule has 0 fully saturated rings. The van der Waals surface area contributed by atoms with Gasteiger partial charge in [0.15, 0.2) is 0 Å². The molecule has 0 aliphatic heterocycles. The van der Waals surface area contributed by atoms with Crippen molar-refractivity contribution in [1.29, 1.82) is 0 Å². The normalized spacial score (nSPS) is 11.5. The molecule has 8 heteroatoms. The van der Waals surface area contributed by atoms with Crippen molar-refractivity contribution in [3.63, 3.8) is 0 Å². The van der Waals surface area contributed by atoms with Gasteiger partial charge in [0.1, 0.15) is 6.33 Å². The van der Waals surface area contributed by atoms with E-state index < -0.39 is 8.80 Å². The number of carbonyl (C=O) groups excluding carboxylic acids is 1. The summed E-state index contributed by atoms with van der Waals surface area (Å²) in [6.07, 6.45) is 2.28. The summed E-state index contributed by atoms with van der Waals surface area (Å²) in [5.41, 5.74) is 3.43. The molecule has 1 N–H and O–H groups in total. The first-order chi connectivity index (χ1) is 16.1. The fourth-order valence-corrected chi connectivity index (χ4v) is 6.38. The number of nitrogens with zero attached hydrogens (tertiary/aromatic N) is 2. The summed E-state index contributed by atoms with van der Waals surface area (Å²) in [6.45, 7) is 7.92. The van der Waals surface area contributed by atoms with Crippen LogP contribution in [0.25, 0.3) is 22.5 Å². The molecule has 176 valence electrons. The van der Waals surface area contributed by atoms with Crippen molar-refractivity contribution in [2.24, 2.45) is 0 Å². The lowest BCUT2D eigenvalue weighted by Crippen LogP contribution is -2.46. The smallest absolute Gasteiger partial charge is 0.374 e. The van der Waals surface area contributed by atoms with Crippen LogP contribution in [-0.2, 0) is 13.3 Å². The van der Waals surface area contributed by atoms with Crippen molar-refractivity contribution in [3.8, 4) is 22.5 Å². The predicted octanol–water partition coefficient (Wildman–Crippen LogP) is 5.21. The summed E-state index contributed by atoms with van der Waals surface area (Å²) in [5, 5.41) is 3.01. The maximum Gasteiger partial charge on any atom is 0.500 e. The van der Waals surface area contributed by atoms with Gasteiger partial charge in [-0.15, -0.1) is 0 Å². The van der Waals surface area contributed by atoms with Gasteiger partial charge in [0, 0.05) is 43.5 Å². The van der Waals surface area contributed by atoms with Gasteiger partial charge in [0.25, 0.3) is 0 Å². The van der Waals surface area contributed by atoms with Gasteiger partial charge in [0.2, 0.25) is 0 Å². The topological polar surface area (TPSA) is 74.6 Å². The summed E-state index contributed by atoms with van der Waals surface area (Å²) in [4.78, 5) is 17.7. The summed E-state index contributed by atoms with van der Waals surface area (Å²) in [5.74, 6) is 0. The molecule has 1 amide bonds. The maximum absolute atomic E-state index is 13.1. The van der Waals surface area contributed by atoms with E-state index in [9.17, 15) is 4.79 Å². The van der Waals surface area contributed by atoms with E-state index in [4.69, 9.17) is 13.3 Å². The average Bonchev–Trinajstić information content (AvgIpc) is 3.29. The number of rotatable bonds is 12. The zero-order valence-corrected chi connectivity index (χ0v) is 20.6. The summed E-state index contributed by atoms with van der Waals surface area (Å²) < 4.78 is 19.3. The Labute approximate surface area is 197 Å². The van der Waals surface area contributed by atoms with Crippen molar-refractivity contribution in [2.75, 3.05) is 26.4 Å². The molecule has 1 heterocycles. The van der Waals surface area contributed by atoms with E-state index in [1.54, 1.807) is 10.9 Å². The minimum Gasteiger partial charge on any atom is -0.374 e. The number of carbonyl (C=O) groups is 1. The SMILES string of the molecule is CCO[Si](CCCNC(=O)n1cnc(-c2ccccc2)c1-c1ccccc1)(OCC)OCC. The van der Waals surface area contributed by atoms with Crippen LogP contribution in [-0.4, -0.2) is 50.8 Å². The van der Waals surface area contributed by atoms with Crippen molar-refractivity contribution in [3.05, 3.63) is 67.0 Å². The van der Waals surface area contributed by atoms with E-state index >= 15 is 0 Å². The van der Waals surface area contributed by atoms with Gasteiger partial charge in [-0.05, 0) is 27.2 Å². The molecule has 3 aromatic rings. The van der Waals surface area contributed by atoms with E-state index in [0.29, 0.717) is 38.8 Å². The second-order valence-electron chi connectivity index (χ2n) is 7.36. The maximum atomic E-state index is 13.1. The minimum absolute atomic E-state index is 0.222. The molecule has 0 atom stereocenters. The first-order valence-electron chi connectivity index (χ1n) is 11.5. The highest BCUT2D eigenvalue weighted by Crippen LogP contribution is 2.31. The van der Waals surface area contributed by atoms with Crippen LogP contribution in [0, 0.1) is 0 Å². The van der Waals surface area contributed by atoms with Crippen molar-refractivity contribution >= 4 is 14.8 Å². The Morgan fingerprint density at radius 3 is 1.97 bits per heavy atom. The fourth-order valence-electron chi connectivity index (χ4n) is 3.77. The number of amides is 1. The molecule has 2 aromatic carbocycles. The van der Waals surface area contributed by atoms with Crippen LogP contribution < -0.4 is 5.32 Å². The van der Waals surface area contributed by atoms with Crippen LogP contribution in [0.3, 0.4) is 0 Å². The third kappa shape index (κ3) is 6.39. The lowest BCUT2D eigenvalue weighted by Gasteiger charge is -2.28. The van der Waals surface area contributed by atoms with Crippen LogP contribution in [0.2, 0.25) is 6.04 Å². The van der Waals surface area contributed by atoms with Gasteiger partial charge in [-0.25, -0.2) is 9.78 Å². The zero-order chi connectivity index (χ0) is 23.5. The van der Waals surface area contributed by atoms with Crippen LogP contribution in [0.15, 0.2) is 67.0 Å². The van der Waals surface area contributed by atoms with Crippen LogP contribution in [0.1, 0.15) is 27.2 Å². The molecule has 0 unspecified atom stereocenters. The fraction of sp³-hybridized carbons (Fsp3) is 0.360. The first-order valence-corrected chi connectivity index (χ1v) is 13.5. The van der Waals surface area contributed by atoms with Crippen LogP contribution in [0.4, 0.5) is 4.79 Å². The Kier molecular flexibility index (Phi) is 9.38. The van der Waals surface area contributed by atoms with Gasteiger partial charge in [-0.1, -0.05) is 60.7 Å². The van der Waals surface area contributed by atoms with Crippen molar-refractivity contribution in [2.45, 2.75) is 33.2 Å². The van der Waals surface area contributed by atoms with Gasteiger partial charge < -0.3 is 18.6 Å². The number of imidazole rings is 1. The molecule has 0 aliphatic carbocycles. The van der Waals surface area contributed by atoms with E-state index in [0.717, 1.165) is 22.5 Å². The third-order valence-electron chi connectivity index (χ3n) is 5.11. The molecule has 0 saturated carbocycles. The second-order valence-corrected chi connectivity index (χ2v) is 10.1. The van der Waals surface area contributed by atoms with Crippen LogP contribution in [0.5, 0.6) is 0 Å². The van der Waals surface area contributed by atoms with Crippen molar-refractivity contribution < 1.29 is 18.1 Å². The lowest BCUT2D eigenvalue weighted by molar-refractivity contribution is 0.0708. The number of nitrogens with one attached hydrogen (secondary N) is 1. The van der Waals surface area contributed by atoms with Gasteiger partial charge in [0.05, 0.1) is 11.4 Å². The molecule has 1 aromatic heterocycles. The Bertz CT molecular complexity index is 978. The monoisotopic (exact) mass is 467 g/mol. The highest BCUT2D eigenvalue weighted by molar-refractivity contribution is 6.60. The molecule has 7 nitrogen and oxygen atoms in total. The Morgan fingerprint density at radius 1 is 0.879 bits per heavy atom. The predicted molar refractivity (Wildman–Crippen MR) is 132 cm³/mol. The zero-order valence-electron chi connectivity index (χ0n) is 19.6. The van der Waals surface area contributed by atoms with E-state index in [-0.39, 0.29) is 6.03 Å². The summed E-state index contributed by atoms with van der Waals surface area (Å²) >= 11 is 0. The largest absolute Gasteiger partial charge is 0.500 e. The Balaban J connectivity index is 1.74. The summed E-state index contributed by atoms with van der Waals surface area (Å²) in [6, 6.07) is 20.2. The average molecular weight is 468 g/mol. The summed E-state index contributed by atoms with van der Waals surface area (Å²) in [7, 11) is -2.72. The molecular formula is C25H33N3O4Si. The number of hydrogen-bond donors (Lipinski definition) is 1. The highest BCUT2D eigenvalue weighted by atomic mass is 28.4. The Morgan fingerprint density at radius 2 is 1.42 bits per heavy atom. The minimum atomic E-state index is -2.72. The van der Waals surface area contributed by atoms with Crippen molar-refractivity contribution in [1.82, 2.24) is 14.9 Å². The number of aromatic nitrogens is 2. The van der Waals surface area contributed by atoms with Gasteiger partial charge >= 0.3 is 14.8 Å². The second kappa shape index (κ2) is 12.5. The standard InChI is InChI=1S/C25H33N3O4Si/c1-4-30-33(31-5-2,32-6-3)19-13-18-26-25(29)28-20-27-23(21-14-9-7-10-15-21)24(28)22-16-11-8-12-17-22/h7-12,14-17,20H,4-6,13,18-19H2,1-3H3,(H,26,29). The molecule has 0 bridgehead atoms. The molecule has 0 radical (unpaired) electrons. The molecule has 0 aliphatic rings. The molecule has 3 rings (SSSR count). The lowest BCUT2D eigenvalue weighted by atomic mass is 10.0. The number of hydrogen-bond acceptors (Lipinski definition) is 5. The Hall–Kier alpha value is -2.78. The van der Waals surface area contributed by atoms with Crippen LogP contribution >= 0.6 is 0 Å². The third-order valence-corrected chi connectivity index (χ3v) is 8.26. The van der Waals surface area contributed by atoms with Gasteiger partial charge in [-0.3, -0.25) is 4.57 Å². The quantitative estimate of drug-likeness (QED) is 0.292. The first kappa shape index (κ1) is 24.9. The molecule has 33 heavy (non-hydrogen) atoms. The van der Waals surface area contributed by atoms with Gasteiger partial charge in [-0.2, -0.15) is 0 Å². The number of benzene rings is 2. The van der Waals surface area contributed by atoms with E-state index in [1.165, 1.54) is 0 Å². The van der Waals surface area contributed by atoms with E-state index in [2.05, 4.69) is 10.3 Å². The highest BCUT2D eigenvalue weighted by Gasteiger charge is 2.39. The molecule has 0 saturated heterocycles. The molecule has 0 spiro atoms.